The van der Waals surface area contributed by atoms with E-state index in [0.717, 1.165) is 24.0 Å². The molecule has 204 valence electrons. The van der Waals surface area contributed by atoms with Crippen LogP contribution in [0.2, 0.25) is 0 Å². The Hall–Kier alpha value is -4.08. The van der Waals surface area contributed by atoms with Gasteiger partial charge >= 0.3 is 6.36 Å². The highest BCUT2D eigenvalue weighted by atomic mass is 19.4. The van der Waals surface area contributed by atoms with Crippen LogP contribution >= 0.6 is 0 Å². The Morgan fingerprint density at radius 1 is 1.05 bits per heavy atom. The molecule has 3 heterocycles. The molecule has 0 bridgehead atoms. The number of alkyl halides is 3. The molecule has 10 heteroatoms. The average molecular weight is 541 g/mol. The molecule has 4 aromatic rings. The first-order valence-electron chi connectivity index (χ1n) is 12.7. The molecule has 1 aliphatic rings. The highest BCUT2D eigenvalue weighted by Crippen LogP contribution is 2.33. The molecule has 1 saturated heterocycles. The number of rotatable bonds is 6. The summed E-state index contributed by atoms with van der Waals surface area (Å²) in [5.74, 6) is -0.722. The van der Waals surface area contributed by atoms with Gasteiger partial charge in [-0.05, 0) is 85.7 Å². The number of halogens is 4. The van der Waals surface area contributed by atoms with E-state index >= 15 is 4.39 Å². The van der Waals surface area contributed by atoms with E-state index < -0.39 is 6.36 Å². The van der Waals surface area contributed by atoms with Gasteiger partial charge in [0.1, 0.15) is 22.9 Å². The number of hydrogen-bond donors (Lipinski definition) is 1. The summed E-state index contributed by atoms with van der Waals surface area (Å²) in [6.45, 7) is 5.15. The number of pyridine rings is 1. The van der Waals surface area contributed by atoms with Crippen molar-refractivity contribution in [2.24, 2.45) is 0 Å². The summed E-state index contributed by atoms with van der Waals surface area (Å²) in [4.78, 5) is 19.3. The highest BCUT2D eigenvalue weighted by Gasteiger charge is 2.31. The zero-order valence-corrected chi connectivity index (χ0v) is 21.6. The Morgan fingerprint density at radius 3 is 2.44 bits per heavy atom. The van der Waals surface area contributed by atoms with Gasteiger partial charge in [0, 0.05) is 25.8 Å². The normalized spacial score (nSPS) is 14.6. The highest BCUT2D eigenvalue weighted by molar-refractivity contribution is 5.94. The fourth-order valence-electron chi connectivity index (χ4n) is 5.12. The molecule has 2 aromatic carbocycles. The molecule has 2 aromatic heterocycles. The predicted octanol–water partition coefficient (Wildman–Crippen LogP) is 6.30. The van der Waals surface area contributed by atoms with Gasteiger partial charge < -0.3 is 15.0 Å². The second-order valence-electron chi connectivity index (χ2n) is 9.82. The smallest absolute Gasteiger partial charge is 0.406 e. The average Bonchev–Trinajstić information content (AvgIpc) is 3.22. The summed E-state index contributed by atoms with van der Waals surface area (Å²) in [6, 6.07) is 14.7. The quantitative estimate of drug-likeness (QED) is 0.292. The molecule has 1 aliphatic heterocycles. The maximum Gasteiger partial charge on any atom is 0.573 e. The number of fused-ring (bicyclic) bond motifs is 1. The lowest BCUT2D eigenvalue weighted by molar-refractivity contribution is -0.274. The third-order valence-corrected chi connectivity index (χ3v) is 7.06. The molecule has 39 heavy (non-hydrogen) atoms. The Bertz CT molecular complexity index is 1490. The molecule has 0 spiro atoms. The number of carbonyl (C=O) groups excluding carboxylic acids is 1. The van der Waals surface area contributed by atoms with E-state index in [1.54, 1.807) is 35.6 Å². The number of carbonyl (C=O) groups is 1. The van der Waals surface area contributed by atoms with Crippen molar-refractivity contribution in [1.29, 1.82) is 0 Å². The number of nitrogens with zero attached hydrogens (tertiary/aromatic N) is 3. The van der Waals surface area contributed by atoms with E-state index in [2.05, 4.69) is 15.0 Å². The van der Waals surface area contributed by atoms with Gasteiger partial charge in [-0.15, -0.1) is 13.2 Å². The van der Waals surface area contributed by atoms with E-state index in [9.17, 15) is 18.0 Å². The number of aromatic nitrogens is 2. The summed E-state index contributed by atoms with van der Waals surface area (Å²) in [7, 11) is 0. The van der Waals surface area contributed by atoms with Crippen LogP contribution in [0.4, 0.5) is 23.2 Å². The number of ether oxygens (including phenoxy) is 1. The van der Waals surface area contributed by atoms with Crippen molar-refractivity contribution >= 4 is 17.2 Å². The summed E-state index contributed by atoms with van der Waals surface area (Å²) in [6.07, 6.45) is -1.41. The predicted molar refractivity (Wildman–Crippen MR) is 140 cm³/mol. The van der Waals surface area contributed by atoms with Crippen molar-refractivity contribution in [2.75, 3.05) is 18.0 Å². The number of nitrogens with one attached hydrogen (secondary N) is 1. The van der Waals surface area contributed by atoms with Crippen molar-refractivity contribution in [3.63, 3.8) is 0 Å². The maximum absolute atomic E-state index is 15.1. The van der Waals surface area contributed by atoms with Crippen LogP contribution < -0.4 is 15.0 Å². The number of benzene rings is 2. The van der Waals surface area contributed by atoms with Gasteiger partial charge in [-0.2, -0.15) is 0 Å². The zero-order valence-electron chi connectivity index (χ0n) is 21.6. The Kier molecular flexibility index (Phi) is 7.20. The molecule has 1 N–H and O–H groups in total. The van der Waals surface area contributed by atoms with Crippen molar-refractivity contribution < 1.29 is 27.1 Å². The lowest BCUT2D eigenvalue weighted by Gasteiger charge is -2.34. The minimum Gasteiger partial charge on any atom is -0.406 e. The molecule has 1 fully saturated rings. The van der Waals surface area contributed by atoms with Gasteiger partial charge in [-0.3, -0.25) is 9.20 Å². The van der Waals surface area contributed by atoms with Crippen molar-refractivity contribution in [3.8, 4) is 5.75 Å². The van der Waals surface area contributed by atoms with Crippen LogP contribution in [0.1, 0.15) is 51.6 Å². The maximum atomic E-state index is 15.1. The number of piperidine rings is 1. The fourth-order valence-corrected chi connectivity index (χ4v) is 5.12. The van der Waals surface area contributed by atoms with Gasteiger partial charge in [-0.1, -0.05) is 18.2 Å². The molecule has 1 amide bonds. The first-order chi connectivity index (χ1) is 18.6. The van der Waals surface area contributed by atoms with Crippen LogP contribution in [0.25, 0.3) is 5.65 Å². The van der Waals surface area contributed by atoms with Crippen LogP contribution in [-0.2, 0) is 6.54 Å². The molecule has 0 aliphatic carbocycles. The Labute approximate surface area is 223 Å². The molecular formula is C29H28F4N4O2. The van der Waals surface area contributed by atoms with Gasteiger partial charge in [0.15, 0.2) is 0 Å². The minimum atomic E-state index is -4.72. The third kappa shape index (κ3) is 6.00. The minimum absolute atomic E-state index is 0.171. The van der Waals surface area contributed by atoms with E-state index in [4.69, 9.17) is 0 Å². The van der Waals surface area contributed by atoms with Gasteiger partial charge in [-0.25, -0.2) is 9.37 Å². The zero-order chi connectivity index (χ0) is 27.7. The van der Waals surface area contributed by atoms with Gasteiger partial charge in [0.25, 0.3) is 5.91 Å². The molecular weight excluding hydrogens is 512 g/mol. The van der Waals surface area contributed by atoms with Crippen LogP contribution in [0.15, 0.2) is 60.8 Å². The largest absolute Gasteiger partial charge is 0.573 e. The van der Waals surface area contributed by atoms with Crippen molar-refractivity contribution in [2.45, 2.75) is 45.5 Å². The summed E-state index contributed by atoms with van der Waals surface area (Å²) >= 11 is 0. The molecule has 0 radical (unpaired) electrons. The molecule has 0 unspecified atom stereocenters. The van der Waals surface area contributed by atoms with Crippen LogP contribution in [0.5, 0.6) is 5.75 Å². The lowest BCUT2D eigenvalue weighted by Crippen LogP contribution is -2.33. The van der Waals surface area contributed by atoms with Crippen LogP contribution in [0.3, 0.4) is 0 Å². The van der Waals surface area contributed by atoms with E-state index in [1.807, 2.05) is 30.2 Å². The van der Waals surface area contributed by atoms with E-state index in [-0.39, 0.29) is 29.9 Å². The summed E-state index contributed by atoms with van der Waals surface area (Å²) in [5, 5.41) is 2.86. The number of anilines is 1. The first kappa shape index (κ1) is 26.5. The van der Waals surface area contributed by atoms with E-state index in [0.29, 0.717) is 41.4 Å². The van der Waals surface area contributed by atoms with Gasteiger partial charge in [0.05, 0.1) is 11.4 Å². The second-order valence-corrected chi connectivity index (χ2v) is 9.82. The number of hydrogen-bond acceptors (Lipinski definition) is 4. The molecule has 0 atom stereocenters. The fraction of sp³-hybridized carbons (Fsp3) is 0.310. The van der Waals surface area contributed by atoms with Crippen molar-refractivity contribution in [1.82, 2.24) is 14.7 Å². The summed E-state index contributed by atoms with van der Waals surface area (Å²) in [5.41, 5.74) is 4.89. The number of aryl methyl sites for hydroxylation is 2. The molecule has 6 nitrogen and oxygen atoms in total. The monoisotopic (exact) mass is 540 g/mol. The van der Waals surface area contributed by atoms with Crippen LogP contribution in [-0.4, -0.2) is 34.7 Å². The Morgan fingerprint density at radius 2 is 1.77 bits per heavy atom. The SMILES string of the molecule is Cc1ccn2c(C(=O)NCc3ccc(N4CCC(c5ccc(OC(F)(F)F)cc5)CC4)c(F)c3)c(C)nc2c1. The number of amides is 1. The summed E-state index contributed by atoms with van der Waals surface area (Å²) < 4.78 is 57.9. The van der Waals surface area contributed by atoms with Crippen molar-refractivity contribution in [3.05, 3.63) is 94.7 Å². The first-order valence-corrected chi connectivity index (χ1v) is 12.7. The standard InChI is InChI=1S/C29H28F4N4O2/c1-18-9-14-37-26(15-18)35-19(2)27(37)28(38)34-17-20-3-8-25(24(30)16-20)36-12-10-22(11-13-36)21-4-6-23(7-5-21)39-29(31,32)33/h3-9,14-16,22H,10-13,17H2,1-2H3,(H,34,38). The number of imidazole rings is 1. The molecule has 5 rings (SSSR count). The molecule has 0 saturated carbocycles. The van der Waals surface area contributed by atoms with Crippen LogP contribution in [0, 0.1) is 19.7 Å². The Balaban J connectivity index is 1.18. The van der Waals surface area contributed by atoms with E-state index in [1.165, 1.54) is 18.2 Å². The van der Waals surface area contributed by atoms with Gasteiger partial charge in [0.2, 0.25) is 0 Å². The third-order valence-electron chi connectivity index (χ3n) is 7.06. The lowest BCUT2D eigenvalue weighted by atomic mass is 9.89. The second kappa shape index (κ2) is 10.6. The topological polar surface area (TPSA) is 58.9 Å².